The van der Waals surface area contributed by atoms with E-state index < -0.39 is 23.8 Å². The predicted octanol–water partition coefficient (Wildman–Crippen LogP) is 3.24. The first-order chi connectivity index (χ1) is 21.4. The van der Waals surface area contributed by atoms with E-state index in [4.69, 9.17) is 19.9 Å². The molecule has 238 valence electrons. The van der Waals surface area contributed by atoms with Crippen LogP contribution in [0.15, 0.2) is 36.4 Å². The van der Waals surface area contributed by atoms with Crippen molar-refractivity contribution in [2.45, 2.75) is 57.4 Å². The molecule has 3 atom stereocenters. The van der Waals surface area contributed by atoms with Crippen molar-refractivity contribution in [3.05, 3.63) is 47.5 Å². The maximum atomic E-state index is 13.8. The van der Waals surface area contributed by atoms with Gasteiger partial charge in [0, 0.05) is 43.8 Å². The minimum Gasteiger partial charge on any atom is -0.493 e. The molecular formula is C33H44N4O7. The Bertz CT molecular complexity index is 1350. The van der Waals surface area contributed by atoms with Crippen LogP contribution in [-0.2, 0) is 20.8 Å². The lowest BCUT2D eigenvalue weighted by molar-refractivity contribution is -0.143. The number of para-hydroxylation sites is 1. The van der Waals surface area contributed by atoms with Crippen LogP contribution >= 0.6 is 0 Å². The fourth-order valence-corrected chi connectivity index (χ4v) is 6.81. The summed E-state index contributed by atoms with van der Waals surface area (Å²) in [6.45, 7) is 4.84. The quantitative estimate of drug-likeness (QED) is 0.292. The lowest BCUT2D eigenvalue weighted by atomic mass is 9.84. The first-order valence-corrected chi connectivity index (χ1v) is 15.7. The number of carboxylic acid groups (broad SMARTS) is 1. The largest absolute Gasteiger partial charge is 0.493 e. The molecule has 0 spiro atoms. The van der Waals surface area contributed by atoms with E-state index in [0.29, 0.717) is 62.8 Å². The topological polar surface area (TPSA) is 135 Å². The van der Waals surface area contributed by atoms with Gasteiger partial charge in [0.15, 0.2) is 11.5 Å². The Morgan fingerprint density at radius 2 is 1.93 bits per heavy atom. The highest BCUT2D eigenvalue weighted by Crippen LogP contribution is 2.47. The standard InChI is InChI=1S/C33H44N4O7/c1-3-4-13-35(14-8-7-12-34)30(39)20-36-19-24(23-16-27(42-2)32-28(17-23)43-21-44-32)31(33(40)41)26(36)11-15-37-25-10-6-5-9-22(25)18-29(37)38/h5-6,9-10,16-17,24,26,31H,3-4,7-8,11-15,18-21,34H2,1-2H3,(H,40,41)/t24-,26+,31?/m1/s1. The van der Waals surface area contributed by atoms with Crippen molar-refractivity contribution in [1.29, 1.82) is 0 Å². The van der Waals surface area contributed by atoms with Gasteiger partial charge in [0.2, 0.25) is 24.4 Å². The van der Waals surface area contributed by atoms with E-state index in [1.165, 1.54) is 0 Å². The van der Waals surface area contributed by atoms with Crippen molar-refractivity contribution in [2.75, 3.05) is 58.1 Å². The number of likely N-dealkylation sites (tertiary alicyclic amines) is 1. The third-order valence-corrected chi connectivity index (χ3v) is 9.07. The number of nitrogens with zero attached hydrogens (tertiary/aromatic N) is 3. The summed E-state index contributed by atoms with van der Waals surface area (Å²) in [6.07, 6.45) is 4.26. The second-order valence-corrected chi connectivity index (χ2v) is 11.8. The Labute approximate surface area is 258 Å². The van der Waals surface area contributed by atoms with Crippen molar-refractivity contribution in [2.24, 2.45) is 11.7 Å². The summed E-state index contributed by atoms with van der Waals surface area (Å²) >= 11 is 0. The van der Waals surface area contributed by atoms with Gasteiger partial charge in [-0.2, -0.15) is 0 Å². The van der Waals surface area contributed by atoms with Crippen LogP contribution in [-0.4, -0.2) is 91.9 Å². The van der Waals surface area contributed by atoms with Crippen LogP contribution in [0.1, 0.15) is 56.1 Å². The number of anilines is 1. The Morgan fingerprint density at radius 3 is 2.68 bits per heavy atom. The highest BCUT2D eigenvalue weighted by molar-refractivity contribution is 6.01. The number of rotatable bonds is 15. The van der Waals surface area contributed by atoms with Gasteiger partial charge in [0.05, 0.1) is 26.0 Å². The Kier molecular flexibility index (Phi) is 10.3. The summed E-state index contributed by atoms with van der Waals surface area (Å²) in [5.41, 5.74) is 8.31. The molecule has 1 saturated heterocycles. The summed E-state index contributed by atoms with van der Waals surface area (Å²) in [6, 6.07) is 10.9. The van der Waals surface area contributed by atoms with Gasteiger partial charge in [0.1, 0.15) is 0 Å². The number of nitrogens with two attached hydrogens (primary N) is 1. The Balaban J connectivity index is 1.44. The third kappa shape index (κ3) is 6.63. The molecule has 44 heavy (non-hydrogen) atoms. The average Bonchev–Trinajstić information content (AvgIpc) is 3.72. The van der Waals surface area contributed by atoms with E-state index in [1.54, 1.807) is 12.0 Å². The molecule has 1 unspecified atom stereocenters. The molecular weight excluding hydrogens is 564 g/mol. The van der Waals surface area contributed by atoms with Gasteiger partial charge in [-0.1, -0.05) is 31.5 Å². The number of fused-ring (bicyclic) bond motifs is 2. The van der Waals surface area contributed by atoms with Gasteiger partial charge < -0.3 is 34.9 Å². The molecule has 0 bridgehead atoms. The zero-order valence-corrected chi connectivity index (χ0v) is 25.7. The minimum atomic E-state index is -0.939. The lowest BCUT2D eigenvalue weighted by Crippen LogP contribution is -2.46. The zero-order chi connectivity index (χ0) is 31.2. The smallest absolute Gasteiger partial charge is 0.308 e. The fraction of sp³-hybridized carbons (Fsp3) is 0.545. The van der Waals surface area contributed by atoms with Crippen molar-refractivity contribution in [3.8, 4) is 17.2 Å². The number of carbonyl (C=O) groups is 3. The van der Waals surface area contributed by atoms with E-state index in [-0.39, 0.29) is 25.2 Å². The van der Waals surface area contributed by atoms with Gasteiger partial charge >= 0.3 is 5.97 Å². The van der Waals surface area contributed by atoms with Crippen LogP contribution in [0.2, 0.25) is 0 Å². The molecule has 3 aliphatic rings. The SMILES string of the molecule is CCCCN(CCCCN)C(=O)CN1C[C@H](c2cc(OC)c3c(c2)OCO3)C(C(=O)O)[C@@H]1CCN1C(=O)Cc2ccccc21. The van der Waals surface area contributed by atoms with Crippen LogP contribution in [0.3, 0.4) is 0 Å². The summed E-state index contributed by atoms with van der Waals surface area (Å²) in [4.78, 5) is 45.4. The number of benzene rings is 2. The fourth-order valence-electron chi connectivity index (χ4n) is 6.81. The number of carbonyl (C=O) groups excluding carboxylic acids is 2. The van der Waals surface area contributed by atoms with E-state index >= 15 is 0 Å². The molecule has 3 aliphatic heterocycles. The Hall–Kier alpha value is -3.83. The molecule has 0 aliphatic carbocycles. The molecule has 2 aromatic carbocycles. The third-order valence-electron chi connectivity index (χ3n) is 9.07. The van der Waals surface area contributed by atoms with Crippen LogP contribution in [0.5, 0.6) is 17.2 Å². The molecule has 0 saturated carbocycles. The predicted molar refractivity (Wildman–Crippen MR) is 165 cm³/mol. The normalized spacial score (nSPS) is 20.7. The number of aliphatic carboxylic acids is 1. The van der Waals surface area contributed by atoms with Crippen LogP contribution in [0.4, 0.5) is 5.69 Å². The van der Waals surface area contributed by atoms with Gasteiger partial charge in [-0.05, 0) is 61.6 Å². The Morgan fingerprint density at radius 1 is 1.14 bits per heavy atom. The van der Waals surface area contributed by atoms with Crippen LogP contribution in [0.25, 0.3) is 0 Å². The number of unbranched alkanes of at least 4 members (excludes halogenated alkanes) is 2. The summed E-state index contributed by atoms with van der Waals surface area (Å²) in [7, 11) is 1.54. The summed E-state index contributed by atoms with van der Waals surface area (Å²) < 4.78 is 16.8. The number of hydrogen-bond acceptors (Lipinski definition) is 8. The molecule has 2 aromatic rings. The summed E-state index contributed by atoms with van der Waals surface area (Å²) in [5, 5.41) is 10.7. The maximum Gasteiger partial charge on any atom is 0.308 e. The van der Waals surface area contributed by atoms with E-state index in [1.807, 2.05) is 46.2 Å². The molecule has 0 aromatic heterocycles. The summed E-state index contributed by atoms with van der Waals surface area (Å²) in [5.74, 6) is -0.712. The lowest BCUT2D eigenvalue weighted by Gasteiger charge is -2.31. The van der Waals surface area contributed by atoms with Crippen molar-refractivity contribution in [3.63, 3.8) is 0 Å². The van der Waals surface area contributed by atoms with Gasteiger partial charge in [-0.15, -0.1) is 0 Å². The van der Waals surface area contributed by atoms with Crippen LogP contribution in [0, 0.1) is 5.92 Å². The molecule has 3 N–H and O–H groups in total. The second kappa shape index (κ2) is 14.3. The average molecular weight is 609 g/mol. The number of amides is 2. The molecule has 5 rings (SSSR count). The zero-order valence-electron chi connectivity index (χ0n) is 25.7. The number of methoxy groups -OCH3 is 1. The number of hydrogen-bond donors (Lipinski definition) is 2. The van der Waals surface area contributed by atoms with Crippen molar-refractivity contribution >= 4 is 23.5 Å². The molecule has 11 nitrogen and oxygen atoms in total. The first kappa shape index (κ1) is 31.6. The molecule has 0 radical (unpaired) electrons. The highest BCUT2D eigenvalue weighted by Gasteiger charge is 2.48. The molecule has 1 fully saturated rings. The highest BCUT2D eigenvalue weighted by atomic mass is 16.7. The maximum absolute atomic E-state index is 13.8. The van der Waals surface area contributed by atoms with Gasteiger partial charge in [-0.3, -0.25) is 19.3 Å². The number of carboxylic acids is 1. The van der Waals surface area contributed by atoms with Crippen LogP contribution < -0.4 is 24.8 Å². The second-order valence-electron chi connectivity index (χ2n) is 11.8. The first-order valence-electron chi connectivity index (χ1n) is 15.7. The molecule has 3 heterocycles. The van der Waals surface area contributed by atoms with Gasteiger partial charge in [0.25, 0.3) is 0 Å². The number of ether oxygens (including phenoxy) is 3. The monoisotopic (exact) mass is 608 g/mol. The van der Waals surface area contributed by atoms with E-state index in [9.17, 15) is 19.5 Å². The van der Waals surface area contributed by atoms with Crippen molar-refractivity contribution < 1.29 is 33.7 Å². The van der Waals surface area contributed by atoms with Gasteiger partial charge in [-0.25, -0.2) is 0 Å². The molecule has 11 heteroatoms. The van der Waals surface area contributed by atoms with E-state index in [2.05, 4.69) is 6.92 Å². The van der Waals surface area contributed by atoms with Crippen molar-refractivity contribution in [1.82, 2.24) is 9.80 Å². The molecule has 2 amide bonds. The minimum absolute atomic E-state index is 0.00130. The van der Waals surface area contributed by atoms with E-state index in [0.717, 1.165) is 42.5 Å².